The highest BCUT2D eigenvalue weighted by Gasteiger charge is 2.15. The van der Waals surface area contributed by atoms with Crippen LogP contribution < -0.4 is 10.1 Å². The summed E-state index contributed by atoms with van der Waals surface area (Å²) < 4.78 is 7.95. The highest BCUT2D eigenvalue weighted by molar-refractivity contribution is 5.11. The molecule has 2 fully saturated rings. The van der Waals surface area contributed by atoms with Gasteiger partial charge in [0.05, 0.1) is 19.0 Å². The molecule has 1 aliphatic heterocycles. The number of nitrogens with one attached hydrogen (secondary N) is 1. The van der Waals surface area contributed by atoms with Crippen LogP contribution in [0.4, 0.5) is 0 Å². The van der Waals surface area contributed by atoms with Crippen LogP contribution in [0.25, 0.3) is 0 Å². The van der Waals surface area contributed by atoms with Crippen LogP contribution >= 0.6 is 0 Å². The summed E-state index contributed by atoms with van der Waals surface area (Å²) in [5.74, 6) is 2.51. The largest absolute Gasteiger partial charge is 0.490 e. The van der Waals surface area contributed by atoms with Gasteiger partial charge in [-0.1, -0.05) is 32.1 Å². The van der Waals surface area contributed by atoms with Gasteiger partial charge < -0.3 is 10.1 Å². The Morgan fingerprint density at radius 3 is 2.81 bits per heavy atom. The van der Waals surface area contributed by atoms with E-state index in [1.807, 2.05) is 6.20 Å². The predicted octanol–water partition coefficient (Wildman–Crippen LogP) is 3.23. The van der Waals surface area contributed by atoms with E-state index in [-0.39, 0.29) is 0 Å². The summed E-state index contributed by atoms with van der Waals surface area (Å²) in [7, 11) is 0. The van der Waals surface area contributed by atoms with E-state index in [1.165, 1.54) is 51.4 Å². The van der Waals surface area contributed by atoms with Crippen molar-refractivity contribution in [2.75, 3.05) is 19.7 Å². The molecular weight excluding hydrogens is 262 g/mol. The molecule has 1 aliphatic carbocycles. The third-order valence-electron chi connectivity index (χ3n) is 4.99. The lowest BCUT2D eigenvalue weighted by Gasteiger charge is -2.22. The van der Waals surface area contributed by atoms with Crippen LogP contribution in [0.1, 0.15) is 51.4 Å². The Bertz CT molecular complexity index is 369. The number of aromatic nitrogens is 2. The maximum Gasteiger partial charge on any atom is 0.157 e. The van der Waals surface area contributed by atoms with Crippen LogP contribution in [-0.2, 0) is 6.54 Å². The summed E-state index contributed by atoms with van der Waals surface area (Å²) in [6.45, 7) is 4.12. The van der Waals surface area contributed by atoms with Gasteiger partial charge >= 0.3 is 0 Å². The molecule has 2 aliphatic rings. The fourth-order valence-corrected chi connectivity index (χ4v) is 3.61. The highest BCUT2D eigenvalue weighted by atomic mass is 16.5. The molecule has 1 N–H and O–H groups in total. The lowest BCUT2D eigenvalue weighted by atomic mass is 9.87. The Balaban J connectivity index is 1.38. The Kier molecular flexibility index (Phi) is 5.55. The number of hydrogen-bond acceptors (Lipinski definition) is 3. The summed E-state index contributed by atoms with van der Waals surface area (Å²) in [6, 6.07) is 0. The van der Waals surface area contributed by atoms with Gasteiger partial charge in [0.1, 0.15) is 0 Å². The number of ether oxygens (including phenoxy) is 1. The first kappa shape index (κ1) is 14.9. The van der Waals surface area contributed by atoms with Crippen molar-refractivity contribution in [1.82, 2.24) is 15.1 Å². The molecule has 0 aromatic carbocycles. The van der Waals surface area contributed by atoms with Crippen LogP contribution in [0.3, 0.4) is 0 Å². The fraction of sp³-hybridized carbons (Fsp3) is 0.824. The van der Waals surface area contributed by atoms with Gasteiger partial charge in [-0.15, -0.1) is 0 Å². The van der Waals surface area contributed by atoms with Gasteiger partial charge in [0.2, 0.25) is 0 Å². The zero-order chi connectivity index (χ0) is 14.3. The molecule has 1 unspecified atom stereocenters. The van der Waals surface area contributed by atoms with Gasteiger partial charge in [0, 0.05) is 19.0 Å². The van der Waals surface area contributed by atoms with Gasteiger partial charge in [-0.2, -0.15) is 5.10 Å². The molecule has 1 saturated carbocycles. The third kappa shape index (κ3) is 4.73. The second-order valence-electron chi connectivity index (χ2n) is 6.76. The molecule has 1 aromatic rings. The first-order valence-corrected chi connectivity index (χ1v) is 8.76. The Morgan fingerprint density at radius 1 is 1.14 bits per heavy atom. The standard InChI is InChI=1S/C17H29N3O/c1-2-5-15(6-3-1)8-10-20-13-17(12-19-20)21-14-16-7-4-9-18-11-16/h12-13,15-16,18H,1-11,14H2. The van der Waals surface area contributed by atoms with E-state index in [1.54, 1.807) is 0 Å². The first-order valence-electron chi connectivity index (χ1n) is 8.76. The molecule has 1 saturated heterocycles. The molecule has 118 valence electrons. The molecule has 0 radical (unpaired) electrons. The van der Waals surface area contributed by atoms with Crippen LogP contribution in [0, 0.1) is 11.8 Å². The van der Waals surface area contributed by atoms with E-state index in [0.29, 0.717) is 5.92 Å². The van der Waals surface area contributed by atoms with Crippen LogP contribution in [-0.4, -0.2) is 29.5 Å². The van der Waals surface area contributed by atoms with Crippen LogP contribution in [0.2, 0.25) is 0 Å². The maximum atomic E-state index is 5.89. The minimum atomic E-state index is 0.657. The third-order valence-corrected chi connectivity index (χ3v) is 4.99. The predicted molar refractivity (Wildman–Crippen MR) is 84.5 cm³/mol. The fourth-order valence-electron chi connectivity index (χ4n) is 3.61. The quantitative estimate of drug-likeness (QED) is 0.874. The van der Waals surface area contributed by atoms with Crippen LogP contribution in [0.5, 0.6) is 5.75 Å². The molecule has 0 spiro atoms. The normalized spacial score (nSPS) is 24.1. The summed E-state index contributed by atoms with van der Waals surface area (Å²) in [4.78, 5) is 0. The van der Waals surface area contributed by atoms with Crippen molar-refractivity contribution in [3.63, 3.8) is 0 Å². The summed E-state index contributed by atoms with van der Waals surface area (Å²) >= 11 is 0. The smallest absolute Gasteiger partial charge is 0.157 e. The monoisotopic (exact) mass is 291 g/mol. The van der Waals surface area contributed by atoms with E-state index in [0.717, 1.165) is 37.9 Å². The van der Waals surface area contributed by atoms with Crippen molar-refractivity contribution >= 4 is 0 Å². The zero-order valence-corrected chi connectivity index (χ0v) is 13.1. The summed E-state index contributed by atoms with van der Waals surface area (Å²) in [5, 5.41) is 7.87. The van der Waals surface area contributed by atoms with Crippen LogP contribution in [0.15, 0.2) is 12.4 Å². The summed E-state index contributed by atoms with van der Waals surface area (Å²) in [6.07, 6.45) is 14.9. The average molecular weight is 291 g/mol. The Labute approximate surface area is 128 Å². The molecule has 21 heavy (non-hydrogen) atoms. The molecule has 4 nitrogen and oxygen atoms in total. The van der Waals surface area contributed by atoms with Crippen molar-refractivity contribution in [3.8, 4) is 5.75 Å². The van der Waals surface area contributed by atoms with E-state index in [2.05, 4.69) is 21.3 Å². The van der Waals surface area contributed by atoms with Gasteiger partial charge in [-0.05, 0) is 31.7 Å². The average Bonchev–Trinajstić information content (AvgIpc) is 3.01. The minimum Gasteiger partial charge on any atom is -0.490 e. The minimum absolute atomic E-state index is 0.657. The number of nitrogens with zero attached hydrogens (tertiary/aromatic N) is 2. The van der Waals surface area contributed by atoms with Crippen molar-refractivity contribution in [2.24, 2.45) is 11.8 Å². The van der Waals surface area contributed by atoms with Gasteiger partial charge in [0.15, 0.2) is 5.75 Å². The van der Waals surface area contributed by atoms with E-state index < -0.39 is 0 Å². The summed E-state index contributed by atoms with van der Waals surface area (Å²) in [5.41, 5.74) is 0. The van der Waals surface area contributed by atoms with Crippen molar-refractivity contribution in [2.45, 2.75) is 57.9 Å². The van der Waals surface area contributed by atoms with Crippen molar-refractivity contribution in [1.29, 1.82) is 0 Å². The molecular formula is C17H29N3O. The highest BCUT2D eigenvalue weighted by Crippen LogP contribution is 2.26. The molecule has 0 amide bonds. The second-order valence-corrected chi connectivity index (χ2v) is 6.76. The molecule has 1 aromatic heterocycles. The van der Waals surface area contributed by atoms with Crippen molar-refractivity contribution in [3.05, 3.63) is 12.4 Å². The number of hydrogen-bond donors (Lipinski definition) is 1. The van der Waals surface area contributed by atoms with E-state index in [9.17, 15) is 0 Å². The lowest BCUT2D eigenvalue weighted by molar-refractivity contribution is 0.218. The first-order chi connectivity index (χ1) is 10.4. The molecule has 2 heterocycles. The number of rotatable bonds is 6. The molecule has 0 bridgehead atoms. The molecule has 4 heteroatoms. The second kappa shape index (κ2) is 7.83. The lowest BCUT2D eigenvalue weighted by Crippen LogP contribution is -2.32. The van der Waals surface area contributed by atoms with E-state index in [4.69, 9.17) is 4.74 Å². The Morgan fingerprint density at radius 2 is 2.00 bits per heavy atom. The Hall–Kier alpha value is -1.03. The number of piperidine rings is 1. The SMILES string of the molecule is c1nn(CCC2CCCCC2)cc1OCC1CCCNC1. The van der Waals surface area contributed by atoms with Crippen molar-refractivity contribution < 1.29 is 4.74 Å². The maximum absolute atomic E-state index is 5.89. The topological polar surface area (TPSA) is 39.1 Å². The molecule has 1 atom stereocenters. The van der Waals surface area contributed by atoms with Gasteiger partial charge in [-0.25, -0.2) is 0 Å². The van der Waals surface area contributed by atoms with E-state index >= 15 is 0 Å². The molecule has 3 rings (SSSR count). The number of aryl methyl sites for hydroxylation is 1. The van der Waals surface area contributed by atoms with Gasteiger partial charge in [-0.3, -0.25) is 4.68 Å². The zero-order valence-electron chi connectivity index (χ0n) is 13.1. The van der Waals surface area contributed by atoms with Gasteiger partial charge in [0.25, 0.3) is 0 Å².